The lowest BCUT2D eigenvalue weighted by molar-refractivity contribution is 0.302. The summed E-state index contributed by atoms with van der Waals surface area (Å²) in [4.78, 5) is 21.9. The summed E-state index contributed by atoms with van der Waals surface area (Å²) in [5.41, 5.74) is 1.27. The van der Waals surface area contributed by atoms with Crippen LogP contribution in [0.1, 0.15) is 11.4 Å². The molecule has 0 aliphatic heterocycles. The quantitative estimate of drug-likeness (QED) is 0.652. The number of H-pyrrole nitrogens is 1. The van der Waals surface area contributed by atoms with E-state index in [1.54, 1.807) is 32.4 Å². The monoisotopic (exact) mass is 403 g/mol. The van der Waals surface area contributed by atoms with Crippen LogP contribution in [0.15, 0.2) is 35.1 Å². The Bertz CT molecular complexity index is 1050. The number of nitrogens with one attached hydrogen (secondary N) is 1. The molecule has 1 heterocycles. The second-order valence-electron chi connectivity index (χ2n) is 6.37. The van der Waals surface area contributed by atoms with E-state index in [-0.39, 0.29) is 5.56 Å². The maximum Gasteiger partial charge on any atom is 0.258 e. The molecule has 2 aromatic carbocycles. The van der Waals surface area contributed by atoms with Gasteiger partial charge in [0.05, 0.1) is 38.8 Å². The average molecular weight is 404 g/mol. The largest absolute Gasteiger partial charge is 0.496 e. The number of fused-ring (bicyclic) bond motifs is 1. The standard InChI is InChI=1S/C20H22ClN3O4/c1-24(10-12-7-13(21)5-6-16(12)26-2)11-19-22-15-9-18(28-4)17(27-3)8-14(15)20(25)23-19/h5-9H,10-11H2,1-4H3,(H,22,23,25). The Hall–Kier alpha value is -2.77. The molecule has 0 atom stereocenters. The van der Waals surface area contributed by atoms with Crippen molar-refractivity contribution < 1.29 is 14.2 Å². The Kier molecular flexibility index (Phi) is 6.06. The first-order valence-corrected chi connectivity index (χ1v) is 8.98. The van der Waals surface area contributed by atoms with Crippen molar-refractivity contribution >= 4 is 22.5 Å². The van der Waals surface area contributed by atoms with Crippen LogP contribution >= 0.6 is 11.6 Å². The number of hydrogen-bond donors (Lipinski definition) is 1. The van der Waals surface area contributed by atoms with Gasteiger partial charge in [0.2, 0.25) is 0 Å². The number of hydrogen-bond acceptors (Lipinski definition) is 6. The highest BCUT2D eigenvalue weighted by Crippen LogP contribution is 2.30. The van der Waals surface area contributed by atoms with E-state index in [9.17, 15) is 4.79 Å². The fourth-order valence-corrected chi connectivity index (χ4v) is 3.26. The summed E-state index contributed by atoms with van der Waals surface area (Å²) in [6.07, 6.45) is 0. The molecule has 0 bridgehead atoms. The van der Waals surface area contributed by atoms with Gasteiger partial charge in [0.1, 0.15) is 11.6 Å². The van der Waals surface area contributed by atoms with E-state index in [0.29, 0.717) is 46.3 Å². The summed E-state index contributed by atoms with van der Waals surface area (Å²) in [5, 5.41) is 1.09. The van der Waals surface area contributed by atoms with Crippen LogP contribution in [0.2, 0.25) is 5.02 Å². The lowest BCUT2D eigenvalue weighted by Crippen LogP contribution is -2.22. The predicted octanol–water partition coefficient (Wildman–Crippen LogP) is 3.23. The van der Waals surface area contributed by atoms with E-state index < -0.39 is 0 Å². The fraction of sp³-hybridized carbons (Fsp3) is 0.300. The fourth-order valence-electron chi connectivity index (χ4n) is 3.06. The van der Waals surface area contributed by atoms with Gasteiger partial charge in [-0.1, -0.05) is 11.6 Å². The van der Waals surface area contributed by atoms with Crippen LogP contribution in [0, 0.1) is 0 Å². The number of halogens is 1. The van der Waals surface area contributed by atoms with E-state index in [4.69, 9.17) is 25.8 Å². The number of nitrogens with zero attached hydrogens (tertiary/aromatic N) is 2. The van der Waals surface area contributed by atoms with Crippen LogP contribution < -0.4 is 19.8 Å². The molecule has 0 aliphatic rings. The van der Waals surface area contributed by atoms with Crippen molar-refractivity contribution in [1.82, 2.24) is 14.9 Å². The molecule has 0 saturated heterocycles. The van der Waals surface area contributed by atoms with E-state index >= 15 is 0 Å². The van der Waals surface area contributed by atoms with E-state index in [1.807, 2.05) is 24.1 Å². The molecular weight excluding hydrogens is 382 g/mol. The van der Waals surface area contributed by atoms with Crippen LogP contribution in [0.3, 0.4) is 0 Å². The topological polar surface area (TPSA) is 76.7 Å². The first kappa shape index (κ1) is 20.0. The normalized spacial score (nSPS) is 11.1. The Morgan fingerprint density at radius 2 is 1.68 bits per heavy atom. The maximum atomic E-state index is 12.5. The smallest absolute Gasteiger partial charge is 0.258 e. The van der Waals surface area contributed by atoms with Crippen molar-refractivity contribution in [3.63, 3.8) is 0 Å². The Balaban J connectivity index is 1.88. The van der Waals surface area contributed by atoms with Gasteiger partial charge in [-0.15, -0.1) is 0 Å². The minimum Gasteiger partial charge on any atom is -0.496 e. The molecule has 148 valence electrons. The summed E-state index contributed by atoms with van der Waals surface area (Å²) in [6, 6.07) is 8.82. The van der Waals surface area contributed by atoms with Crippen molar-refractivity contribution in [3.05, 3.63) is 57.1 Å². The lowest BCUT2D eigenvalue weighted by Gasteiger charge is -2.18. The summed E-state index contributed by atoms with van der Waals surface area (Å²) in [5.74, 6) is 2.32. The molecule has 0 fully saturated rings. The highest BCUT2D eigenvalue weighted by Gasteiger charge is 2.13. The highest BCUT2D eigenvalue weighted by molar-refractivity contribution is 6.30. The molecule has 0 radical (unpaired) electrons. The summed E-state index contributed by atoms with van der Waals surface area (Å²) >= 11 is 6.10. The Morgan fingerprint density at radius 1 is 1.00 bits per heavy atom. The van der Waals surface area contributed by atoms with E-state index in [1.165, 1.54) is 7.11 Å². The Labute approximate surface area is 167 Å². The van der Waals surface area contributed by atoms with Crippen molar-refractivity contribution in [2.24, 2.45) is 0 Å². The zero-order chi connectivity index (χ0) is 20.3. The van der Waals surface area contributed by atoms with Gasteiger partial charge in [-0.05, 0) is 31.3 Å². The SMILES string of the molecule is COc1ccc(Cl)cc1CN(C)Cc1nc2cc(OC)c(OC)cc2c(=O)[nH]1. The molecule has 0 unspecified atom stereocenters. The third kappa shape index (κ3) is 4.21. The van der Waals surface area contributed by atoms with Gasteiger partial charge in [-0.2, -0.15) is 0 Å². The molecule has 0 aliphatic carbocycles. The zero-order valence-corrected chi connectivity index (χ0v) is 17.0. The Morgan fingerprint density at radius 3 is 2.36 bits per heavy atom. The van der Waals surface area contributed by atoms with Crippen molar-refractivity contribution in [2.75, 3.05) is 28.4 Å². The van der Waals surface area contributed by atoms with Gasteiger partial charge in [0, 0.05) is 23.2 Å². The van der Waals surface area contributed by atoms with Gasteiger partial charge in [-0.3, -0.25) is 9.69 Å². The lowest BCUT2D eigenvalue weighted by atomic mass is 10.2. The first-order valence-electron chi connectivity index (χ1n) is 8.61. The van der Waals surface area contributed by atoms with Crippen LogP contribution in [-0.2, 0) is 13.1 Å². The van der Waals surface area contributed by atoms with Gasteiger partial charge in [-0.25, -0.2) is 4.98 Å². The second-order valence-corrected chi connectivity index (χ2v) is 6.80. The van der Waals surface area contributed by atoms with Crippen LogP contribution in [0.4, 0.5) is 0 Å². The molecule has 3 rings (SSSR count). The van der Waals surface area contributed by atoms with Gasteiger partial charge in [0.15, 0.2) is 11.5 Å². The van der Waals surface area contributed by atoms with Crippen LogP contribution in [0.25, 0.3) is 10.9 Å². The van der Waals surface area contributed by atoms with Gasteiger partial charge >= 0.3 is 0 Å². The van der Waals surface area contributed by atoms with Crippen LogP contribution in [-0.4, -0.2) is 43.2 Å². The minimum atomic E-state index is -0.227. The van der Waals surface area contributed by atoms with Crippen molar-refractivity contribution in [2.45, 2.75) is 13.1 Å². The third-order valence-corrected chi connectivity index (χ3v) is 4.60. The molecule has 3 aromatic rings. The molecule has 28 heavy (non-hydrogen) atoms. The summed E-state index contributed by atoms with van der Waals surface area (Å²) in [7, 11) is 6.62. The first-order chi connectivity index (χ1) is 13.4. The molecule has 1 N–H and O–H groups in total. The number of methoxy groups -OCH3 is 3. The second kappa shape index (κ2) is 8.50. The van der Waals surface area contributed by atoms with Gasteiger partial charge < -0.3 is 19.2 Å². The molecular formula is C20H22ClN3O4. The van der Waals surface area contributed by atoms with Crippen molar-refractivity contribution in [1.29, 1.82) is 0 Å². The third-order valence-electron chi connectivity index (χ3n) is 4.36. The highest BCUT2D eigenvalue weighted by atomic mass is 35.5. The maximum absolute atomic E-state index is 12.5. The van der Waals surface area contributed by atoms with Crippen LogP contribution in [0.5, 0.6) is 17.2 Å². The molecule has 8 heteroatoms. The number of aromatic nitrogens is 2. The van der Waals surface area contributed by atoms with Crippen molar-refractivity contribution in [3.8, 4) is 17.2 Å². The number of benzene rings is 2. The summed E-state index contributed by atoms with van der Waals surface area (Å²) in [6.45, 7) is 1.02. The number of rotatable bonds is 7. The predicted molar refractivity (Wildman–Crippen MR) is 109 cm³/mol. The zero-order valence-electron chi connectivity index (χ0n) is 16.2. The number of ether oxygens (including phenoxy) is 3. The molecule has 7 nitrogen and oxygen atoms in total. The minimum absolute atomic E-state index is 0.227. The molecule has 0 saturated carbocycles. The molecule has 0 spiro atoms. The molecule has 1 aromatic heterocycles. The van der Waals surface area contributed by atoms with E-state index in [0.717, 1.165) is 11.3 Å². The molecule has 0 amide bonds. The van der Waals surface area contributed by atoms with E-state index in [2.05, 4.69) is 9.97 Å². The van der Waals surface area contributed by atoms with Gasteiger partial charge in [0.25, 0.3) is 5.56 Å². The average Bonchev–Trinajstić information content (AvgIpc) is 2.67. The summed E-state index contributed by atoms with van der Waals surface area (Å²) < 4.78 is 16.0. The number of aromatic amines is 1.